The van der Waals surface area contributed by atoms with Gasteiger partial charge >= 0.3 is 0 Å². The lowest BCUT2D eigenvalue weighted by atomic mass is 9.94. The fourth-order valence-corrected chi connectivity index (χ4v) is 1.21. The molecule has 0 saturated heterocycles. The summed E-state index contributed by atoms with van der Waals surface area (Å²) in [6.07, 6.45) is 0. The van der Waals surface area contributed by atoms with Gasteiger partial charge in [0.2, 0.25) is 0 Å². The van der Waals surface area contributed by atoms with Crippen LogP contribution in [0.1, 0.15) is 18.4 Å². The Bertz CT molecular complexity index is 275. The molecule has 0 bridgehead atoms. The smallest absolute Gasteiger partial charge is 0.115 e. The standard InChI is InChI=1S/C10H15NO2/c1-7(10(11)6-12)8-3-2-4-9(13)5-8/h2-5,7,10,12-13H,6,11H2,1H3. The van der Waals surface area contributed by atoms with Crippen molar-refractivity contribution in [2.75, 3.05) is 6.61 Å². The third-order valence-corrected chi connectivity index (χ3v) is 2.25. The van der Waals surface area contributed by atoms with Crippen LogP contribution in [0.5, 0.6) is 5.75 Å². The maximum absolute atomic E-state index is 9.21. The fourth-order valence-electron chi connectivity index (χ4n) is 1.21. The van der Waals surface area contributed by atoms with Crippen LogP contribution in [0.15, 0.2) is 24.3 Å². The van der Waals surface area contributed by atoms with Crippen molar-refractivity contribution in [2.45, 2.75) is 18.9 Å². The minimum absolute atomic E-state index is 0.0448. The Morgan fingerprint density at radius 3 is 2.69 bits per heavy atom. The molecule has 3 nitrogen and oxygen atoms in total. The highest BCUT2D eigenvalue weighted by atomic mass is 16.3. The van der Waals surface area contributed by atoms with Gasteiger partial charge in [-0.2, -0.15) is 0 Å². The molecule has 72 valence electrons. The van der Waals surface area contributed by atoms with Crippen LogP contribution in [0.25, 0.3) is 0 Å². The first-order chi connectivity index (χ1) is 6.15. The predicted molar refractivity (Wildman–Crippen MR) is 51.6 cm³/mol. The number of nitrogens with two attached hydrogens (primary N) is 1. The van der Waals surface area contributed by atoms with Crippen molar-refractivity contribution < 1.29 is 10.2 Å². The largest absolute Gasteiger partial charge is 0.508 e. The molecule has 0 aliphatic heterocycles. The van der Waals surface area contributed by atoms with Crippen LogP contribution < -0.4 is 5.73 Å². The number of hydrogen-bond donors (Lipinski definition) is 3. The van der Waals surface area contributed by atoms with Crippen LogP contribution in [-0.2, 0) is 0 Å². The lowest BCUT2D eigenvalue weighted by Gasteiger charge is -2.17. The third-order valence-electron chi connectivity index (χ3n) is 2.25. The van der Waals surface area contributed by atoms with E-state index in [1.54, 1.807) is 18.2 Å². The average Bonchev–Trinajstić information content (AvgIpc) is 2.15. The monoisotopic (exact) mass is 181 g/mol. The first kappa shape index (κ1) is 10.0. The number of hydrogen-bond acceptors (Lipinski definition) is 3. The minimum Gasteiger partial charge on any atom is -0.508 e. The van der Waals surface area contributed by atoms with Gasteiger partial charge in [-0.1, -0.05) is 19.1 Å². The quantitative estimate of drug-likeness (QED) is 0.646. The van der Waals surface area contributed by atoms with Crippen molar-refractivity contribution in [1.29, 1.82) is 0 Å². The molecule has 0 saturated carbocycles. The second-order valence-corrected chi connectivity index (χ2v) is 3.23. The summed E-state index contributed by atoms with van der Waals surface area (Å²) < 4.78 is 0. The summed E-state index contributed by atoms with van der Waals surface area (Å²) >= 11 is 0. The molecule has 1 aromatic carbocycles. The number of phenolic OH excluding ortho intramolecular Hbond substituents is 1. The summed E-state index contributed by atoms with van der Waals surface area (Å²) in [6.45, 7) is 1.88. The summed E-state index contributed by atoms with van der Waals surface area (Å²) in [4.78, 5) is 0. The zero-order chi connectivity index (χ0) is 9.84. The molecule has 2 atom stereocenters. The first-order valence-electron chi connectivity index (χ1n) is 4.30. The van der Waals surface area contributed by atoms with Crippen LogP contribution in [0, 0.1) is 0 Å². The van der Waals surface area contributed by atoms with Gasteiger partial charge in [0, 0.05) is 6.04 Å². The van der Waals surface area contributed by atoms with Crippen molar-refractivity contribution >= 4 is 0 Å². The number of benzene rings is 1. The van der Waals surface area contributed by atoms with E-state index in [-0.39, 0.29) is 24.3 Å². The van der Waals surface area contributed by atoms with Crippen LogP contribution in [0.2, 0.25) is 0 Å². The second kappa shape index (κ2) is 4.25. The zero-order valence-electron chi connectivity index (χ0n) is 7.64. The highest BCUT2D eigenvalue weighted by molar-refractivity contribution is 5.30. The lowest BCUT2D eigenvalue weighted by molar-refractivity contribution is 0.252. The molecule has 0 amide bonds. The van der Waals surface area contributed by atoms with Gasteiger partial charge < -0.3 is 15.9 Å². The maximum atomic E-state index is 9.21. The van der Waals surface area contributed by atoms with E-state index in [1.807, 2.05) is 13.0 Å². The Labute approximate surface area is 77.8 Å². The van der Waals surface area contributed by atoms with E-state index in [4.69, 9.17) is 10.8 Å². The summed E-state index contributed by atoms with van der Waals surface area (Å²) in [5.74, 6) is 0.284. The number of rotatable bonds is 3. The van der Waals surface area contributed by atoms with E-state index in [0.717, 1.165) is 5.56 Å². The van der Waals surface area contributed by atoms with Gasteiger partial charge in [0.05, 0.1) is 6.61 Å². The van der Waals surface area contributed by atoms with Crippen LogP contribution in [0.3, 0.4) is 0 Å². The summed E-state index contributed by atoms with van der Waals surface area (Å²) in [5.41, 5.74) is 6.61. The topological polar surface area (TPSA) is 66.5 Å². The molecule has 2 unspecified atom stereocenters. The summed E-state index contributed by atoms with van der Waals surface area (Å²) in [6, 6.07) is 6.66. The molecule has 0 spiro atoms. The van der Waals surface area contributed by atoms with Crippen molar-refractivity contribution in [3.8, 4) is 5.75 Å². The molecular weight excluding hydrogens is 166 g/mol. The highest BCUT2D eigenvalue weighted by Crippen LogP contribution is 2.21. The van der Waals surface area contributed by atoms with E-state index in [2.05, 4.69) is 0 Å². The Morgan fingerprint density at radius 1 is 1.46 bits per heavy atom. The number of aliphatic hydroxyl groups excluding tert-OH is 1. The average molecular weight is 181 g/mol. The molecule has 0 aromatic heterocycles. The first-order valence-corrected chi connectivity index (χ1v) is 4.30. The van der Waals surface area contributed by atoms with Crippen molar-refractivity contribution in [3.05, 3.63) is 29.8 Å². The highest BCUT2D eigenvalue weighted by Gasteiger charge is 2.13. The van der Waals surface area contributed by atoms with E-state index < -0.39 is 0 Å². The Morgan fingerprint density at radius 2 is 2.15 bits per heavy atom. The van der Waals surface area contributed by atoms with Crippen LogP contribution in [0.4, 0.5) is 0 Å². The van der Waals surface area contributed by atoms with Crippen LogP contribution in [-0.4, -0.2) is 22.9 Å². The number of aliphatic hydroxyl groups is 1. The SMILES string of the molecule is CC(c1cccc(O)c1)C(N)CO. The second-order valence-electron chi connectivity index (χ2n) is 3.23. The molecule has 1 rings (SSSR count). The summed E-state index contributed by atoms with van der Waals surface area (Å²) in [7, 11) is 0. The predicted octanol–water partition coefficient (Wildman–Crippen LogP) is 0.815. The maximum Gasteiger partial charge on any atom is 0.115 e. The Hall–Kier alpha value is -1.06. The molecule has 0 aliphatic carbocycles. The third kappa shape index (κ3) is 2.44. The van der Waals surface area contributed by atoms with E-state index >= 15 is 0 Å². The molecule has 0 heterocycles. The minimum atomic E-state index is -0.276. The van der Waals surface area contributed by atoms with E-state index in [0.29, 0.717) is 0 Å². The normalized spacial score (nSPS) is 15.3. The van der Waals surface area contributed by atoms with Gasteiger partial charge in [0.15, 0.2) is 0 Å². The van der Waals surface area contributed by atoms with Crippen molar-refractivity contribution in [2.24, 2.45) is 5.73 Å². The molecule has 0 radical (unpaired) electrons. The Kier molecular flexibility index (Phi) is 3.28. The molecule has 0 fully saturated rings. The molecular formula is C10H15NO2. The molecule has 4 N–H and O–H groups in total. The van der Waals surface area contributed by atoms with Crippen molar-refractivity contribution in [1.82, 2.24) is 0 Å². The molecule has 0 aliphatic rings. The Balaban J connectivity index is 2.82. The number of aromatic hydroxyl groups is 1. The fraction of sp³-hybridized carbons (Fsp3) is 0.400. The van der Waals surface area contributed by atoms with E-state index in [9.17, 15) is 5.11 Å². The van der Waals surface area contributed by atoms with Gasteiger partial charge in [0.25, 0.3) is 0 Å². The van der Waals surface area contributed by atoms with Crippen molar-refractivity contribution in [3.63, 3.8) is 0 Å². The van der Waals surface area contributed by atoms with Crippen LogP contribution >= 0.6 is 0 Å². The summed E-state index contributed by atoms with van der Waals surface area (Å²) in [5, 5.41) is 18.1. The number of phenols is 1. The zero-order valence-corrected chi connectivity index (χ0v) is 7.64. The molecule has 3 heteroatoms. The van der Waals surface area contributed by atoms with Gasteiger partial charge in [0.1, 0.15) is 5.75 Å². The van der Waals surface area contributed by atoms with E-state index in [1.165, 1.54) is 0 Å². The lowest BCUT2D eigenvalue weighted by Crippen LogP contribution is -2.30. The molecule has 1 aromatic rings. The molecule has 13 heavy (non-hydrogen) atoms. The van der Waals surface area contributed by atoms with Gasteiger partial charge in [-0.25, -0.2) is 0 Å². The van der Waals surface area contributed by atoms with Gasteiger partial charge in [-0.15, -0.1) is 0 Å². The van der Waals surface area contributed by atoms with Gasteiger partial charge in [-0.05, 0) is 23.6 Å². The van der Waals surface area contributed by atoms with Gasteiger partial charge in [-0.3, -0.25) is 0 Å².